The third-order valence-corrected chi connectivity index (χ3v) is 7.99. The maximum Gasteiger partial charge on any atom is 0.216 e. The number of hydrogen-bond donors (Lipinski definition) is 0. The lowest BCUT2D eigenvalue weighted by atomic mass is 9.81. The summed E-state index contributed by atoms with van der Waals surface area (Å²) in [4.78, 5) is 0. The molecule has 0 radical (unpaired) electrons. The number of aryl methyl sites for hydroxylation is 3. The molecule has 3 heteroatoms. The first-order chi connectivity index (χ1) is 18.2. The van der Waals surface area contributed by atoms with Crippen molar-refractivity contribution in [1.82, 2.24) is 0 Å². The summed E-state index contributed by atoms with van der Waals surface area (Å²) < 4.78 is 49.6. The summed E-state index contributed by atoms with van der Waals surface area (Å²) in [7, 11) is 1.99. The highest BCUT2D eigenvalue weighted by molar-refractivity contribution is 6.13. The van der Waals surface area contributed by atoms with Gasteiger partial charge in [0.15, 0.2) is 6.20 Å². The van der Waals surface area contributed by atoms with Gasteiger partial charge in [0.2, 0.25) is 5.69 Å². The largest absolute Gasteiger partial charge is 0.454 e. The number of halogens is 1. The molecule has 2 heterocycles. The molecule has 0 bridgehead atoms. The smallest absolute Gasteiger partial charge is 0.216 e. The fourth-order valence-corrected chi connectivity index (χ4v) is 6.69. The Bertz CT molecular complexity index is 1810. The summed E-state index contributed by atoms with van der Waals surface area (Å²) in [5.74, 6) is -0.434. The average molecular weight is 482 g/mol. The van der Waals surface area contributed by atoms with E-state index in [1.807, 2.05) is 55.1 Å². The van der Waals surface area contributed by atoms with Crippen molar-refractivity contribution in [3.05, 3.63) is 88.9 Å². The molecule has 36 heavy (non-hydrogen) atoms. The van der Waals surface area contributed by atoms with E-state index in [4.69, 9.17) is 8.53 Å². The molecule has 0 N–H and O–H groups in total. The van der Waals surface area contributed by atoms with E-state index in [2.05, 4.69) is 33.8 Å². The zero-order valence-electron chi connectivity index (χ0n) is 24.7. The Morgan fingerprint density at radius 1 is 0.889 bits per heavy atom. The molecule has 6 rings (SSSR count). The van der Waals surface area contributed by atoms with Crippen LogP contribution in [0.15, 0.2) is 65.2 Å². The molecule has 0 saturated heterocycles. The van der Waals surface area contributed by atoms with Crippen molar-refractivity contribution in [2.45, 2.75) is 58.7 Å². The molecular formula is C33H33FNO+. The summed E-state index contributed by atoms with van der Waals surface area (Å²) in [6, 6.07) is 17.0. The molecular weight excluding hydrogens is 445 g/mol. The minimum Gasteiger partial charge on any atom is -0.454 e. The van der Waals surface area contributed by atoms with Crippen LogP contribution in [-0.4, -0.2) is 0 Å². The monoisotopic (exact) mass is 481 g/mol. The normalized spacial score (nSPS) is 17.7. The van der Waals surface area contributed by atoms with Crippen LogP contribution in [0, 0.1) is 19.6 Å². The molecule has 0 atom stereocenters. The molecule has 182 valence electrons. The minimum absolute atomic E-state index is 0.251. The standard InChI is InChI=1S/C33H33FNO/c1-19-11-12-22-23-13-14-25(34)28(31(23)36-30(22)27(19)26-10-8-9-15-35(26)7)21-16-20(2)29-24(17-21)32(3,4)18-33(29,5)6/h8-17H,18H2,1-7H3/q+1/i2D3. The van der Waals surface area contributed by atoms with E-state index in [-0.39, 0.29) is 10.8 Å². The second-order valence-corrected chi connectivity index (χ2v) is 11.6. The first-order valence-corrected chi connectivity index (χ1v) is 12.5. The van der Waals surface area contributed by atoms with Crippen LogP contribution >= 0.6 is 0 Å². The van der Waals surface area contributed by atoms with Gasteiger partial charge < -0.3 is 4.42 Å². The predicted octanol–water partition coefficient (Wildman–Crippen LogP) is 8.46. The van der Waals surface area contributed by atoms with Crippen molar-refractivity contribution in [1.29, 1.82) is 0 Å². The van der Waals surface area contributed by atoms with E-state index in [0.717, 1.165) is 45.1 Å². The van der Waals surface area contributed by atoms with Crippen molar-refractivity contribution in [2.24, 2.45) is 7.05 Å². The summed E-state index contributed by atoms with van der Waals surface area (Å²) in [6.45, 7) is 8.19. The number of nitrogens with zero attached hydrogens (tertiary/aromatic N) is 1. The van der Waals surface area contributed by atoms with Gasteiger partial charge in [0.05, 0.1) is 11.1 Å². The molecule has 2 nitrogen and oxygen atoms in total. The van der Waals surface area contributed by atoms with Crippen LogP contribution < -0.4 is 4.57 Å². The zero-order chi connectivity index (χ0) is 28.1. The fourth-order valence-electron chi connectivity index (χ4n) is 6.69. The molecule has 5 aromatic rings. The van der Waals surface area contributed by atoms with Gasteiger partial charge >= 0.3 is 0 Å². The number of hydrogen-bond acceptors (Lipinski definition) is 1. The lowest BCUT2D eigenvalue weighted by Gasteiger charge is -2.23. The second kappa shape index (κ2) is 7.52. The molecule has 0 unspecified atom stereocenters. The highest BCUT2D eigenvalue weighted by atomic mass is 19.1. The summed E-state index contributed by atoms with van der Waals surface area (Å²) in [5.41, 5.74) is 6.55. The van der Waals surface area contributed by atoms with Crippen molar-refractivity contribution in [3.8, 4) is 22.4 Å². The number of aromatic nitrogens is 1. The number of benzene rings is 3. The lowest BCUT2D eigenvalue weighted by molar-refractivity contribution is -0.660. The number of furan rings is 1. The Balaban J connectivity index is 1.71. The van der Waals surface area contributed by atoms with Gasteiger partial charge in [0.1, 0.15) is 24.0 Å². The van der Waals surface area contributed by atoms with Gasteiger partial charge in [-0.1, -0.05) is 52.0 Å². The highest BCUT2D eigenvalue weighted by Crippen LogP contribution is 2.52. The van der Waals surface area contributed by atoms with Gasteiger partial charge in [0, 0.05) is 27.0 Å². The SMILES string of the molecule is [2H]C([2H])([2H])c1cc(-c2c(F)ccc3c2oc2c(-c4cccc[n+]4C)c(C)ccc23)cc2c1C(C)(C)CC2(C)C. The van der Waals surface area contributed by atoms with E-state index < -0.39 is 12.7 Å². The molecule has 0 saturated carbocycles. The quantitative estimate of drug-likeness (QED) is 0.231. The maximum absolute atomic E-state index is 15.8. The summed E-state index contributed by atoms with van der Waals surface area (Å²) in [6.07, 6.45) is 2.81. The third kappa shape index (κ3) is 3.18. The summed E-state index contributed by atoms with van der Waals surface area (Å²) in [5, 5.41) is 1.70. The van der Waals surface area contributed by atoms with Gasteiger partial charge in [-0.15, -0.1) is 0 Å². The van der Waals surface area contributed by atoms with Crippen molar-refractivity contribution in [3.63, 3.8) is 0 Å². The van der Waals surface area contributed by atoms with Gasteiger partial charge in [-0.3, -0.25) is 0 Å². The molecule has 0 fully saturated rings. The van der Waals surface area contributed by atoms with Gasteiger partial charge in [-0.25, -0.2) is 8.96 Å². The molecule has 1 aliphatic rings. The Kier molecular flexibility index (Phi) is 4.11. The van der Waals surface area contributed by atoms with E-state index >= 15 is 4.39 Å². The average Bonchev–Trinajstić information content (AvgIpc) is 3.29. The van der Waals surface area contributed by atoms with Crippen LogP contribution in [0.4, 0.5) is 4.39 Å². The van der Waals surface area contributed by atoms with Crippen LogP contribution in [0.2, 0.25) is 0 Å². The van der Waals surface area contributed by atoms with E-state index in [9.17, 15) is 0 Å². The highest BCUT2D eigenvalue weighted by Gasteiger charge is 2.43. The van der Waals surface area contributed by atoms with Crippen LogP contribution in [0.5, 0.6) is 0 Å². The van der Waals surface area contributed by atoms with Gasteiger partial charge in [0.25, 0.3) is 0 Å². The molecule has 0 spiro atoms. The van der Waals surface area contributed by atoms with E-state index in [1.54, 1.807) is 12.1 Å². The summed E-state index contributed by atoms with van der Waals surface area (Å²) >= 11 is 0. The molecule has 3 aromatic carbocycles. The lowest BCUT2D eigenvalue weighted by Crippen LogP contribution is -2.30. The molecule has 0 amide bonds. The predicted molar refractivity (Wildman–Crippen MR) is 146 cm³/mol. The van der Waals surface area contributed by atoms with Gasteiger partial charge in [-0.05, 0) is 77.0 Å². The van der Waals surface area contributed by atoms with Crippen molar-refractivity contribution in [2.75, 3.05) is 0 Å². The van der Waals surface area contributed by atoms with Crippen LogP contribution in [0.25, 0.3) is 44.3 Å². The molecule has 1 aliphatic carbocycles. The third-order valence-electron chi connectivity index (χ3n) is 7.99. The zero-order valence-corrected chi connectivity index (χ0v) is 21.7. The molecule has 2 aromatic heterocycles. The first kappa shape index (κ1) is 19.7. The van der Waals surface area contributed by atoms with Crippen molar-refractivity contribution < 1.29 is 17.5 Å². The number of fused-ring (bicyclic) bond motifs is 4. The fraction of sp³-hybridized carbons (Fsp3) is 0.303. The minimum atomic E-state index is -2.33. The van der Waals surface area contributed by atoms with Crippen LogP contribution in [0.1, 0.15) is 60.5 Å². The van der Waals surface area contributed by atoms with Crippen molar-refractivity contribution >= 4 is 21.9 Å². The Morgan fingerprint density at radius 2 is 1.61 bits per heavy atom. The van der Waals surface area contributed by atoms with E-state index in [0.29, 0.717) is 27.9 Å². The first-order valence-electron chi connectivity index (χ1n) is 14.0. The number of pyridine rings is 1. The second-order valence-electron chi connectivity index (χ2n) is 11.6. The van der Waals surface area contributed by atoms with Gasteiger partial charge in [-0.2, -0.15) is 0 Å². The van der Waals surface area contributed by atoms with Crippen LogP contribution in [0.3, 0.4) is 0 Å². The van der Waals surface area contributed by atoms with Crippen LogP contribution in [-0.2, 0) is 17.9 Å². The Labute approximate surface area is 216 Å². The Morgan fingerprint density at radius 3 is 2.33 bits per heavy atom. The topological polar surface area (TPSA) is 17.0 Å². The van der Waals surface area contributed by atoms with E-state index in [1.165, 1.54) is 6.07 Å². The number of rotatable bonds is 2. The molecule has 0 aliphatic heterocycles. The maximum atomic E-state index is 15.8. The Hall–Kier alpha value is -3.46.